The maximum atomic E-state index is 12.3. The molecule has 2 nitrogen and oxygen atoms in total. The average Bonchev–Trinajstić information content (AvgIpc) is 2.65. The number of likely N-dealkylation sites (tertiary alicyclic amines) is 1. The van der Waals surface area contributed by atoms with Gasteiger partial charge in [-0.25, -0.2) is 0 Å². The standard InChI is InChI=1S/C18H27NO/c1-3-6-16-8-5-11-19(12-10-16)14-18(20)17-9-4-7-15(2)13-17/h4,7,9,13,16H,3,5-6,8,10-12,14H2,1-2H3. The highest BCUT2D eigenvalue weighted by Crippen LogP contribution is 2.22. The van der Waals surface area contributed by atoms with Gasteiger partial charge in [-0.1, -0.05) is 43.5 Å². The highest BCUT2D eigenvalue weighted by molar-refractivity contribution is 5.97. The molecule has 1 saturated heterocycles. The van der Waals surface area contributed by atoms with Crippen LogP contribution in [0.25, 0.3) is 0 Å². The molecule has 0 bridgehead atoms. The van der Waals surface area contributed by atoms with Crippen LogP contribution in [0.5, 0.6) is 0 Å². The molecule has 1 aromatic rings. The summed E-state index contributed by atoms with van der Waals surface area (Å²) in [5.74, 6) is 1.14. The van der Waals surface area contributed by atoms with Crippen LogP contribution in [0, 0.1) is 12.8 Å². The summed E-state index contributed by atoms with van der Waals surface area (Å²) < 4.78 is 0. The Balaban J connectivity index is 1.88. The molecule has 0 aliphatic carbocycles. The van der Waals surface area contributed by atoms with E-state index in [4.69, 9.17) is 0 Å². The smallest absolute Gasteiger partial charge is 0.176 e. The lowest BCUT2D eigenvalue weighted by molar-refractivity contribution is 0.0932. The van der Waals surface area contributed by atoms with Crippen molar-refractivity contribution >= 4 is 5.78 Å². The van der Waals surface area contributed by atoms with Crippen LogP contribution >= 0.6 is 0 Å². The Bertz CT molecular complexity index is 441. The highest BCUT2D eigenvalue weighted by Gasteiger charge is 2.18. The third kappa shape index (κ3) is 4.45. The van der Waals surface area contributed by atoms with E-state index >= 15 is 0 Å². The Kier molecular flexibility index (Phi) is 5.78. The third-order valence-electron chi connectivity index (χ3n) is 4.34. The number of nitrogens with zero attached hydrogens (tertiary/aromatic N) is 1. The number of aryl methyl sites for hydroxylation is 1. The van der Waals surface area contributed by atoms with Crippen LogP contribution in [0.2, 0.25) is 0 Å². The van der Waals surface area contributed by atoms with Gasteiger partial charge in [-0.3, -0.25) is 9.69 Å². The quantitative estimate of drug-likeness (QED) is 0.753. The summed E-state index contributed by atoms with van der Waals surface area (Å²) in [5.41, 5.74) is 2.02. The minimum atomic E-state index is 0.266. The molecule has 1 heterocycles. The van der Waals surface area contributed by atoms with Crippen molar-refractivity contribution < 1.29 is 4.79 Å². The molecule has 0 saturated carbocycles. The second-order valence-electron chi connectivity index (χ2n) is 6.15. The maximum absolute atomic E-state index is 12.3. The zero-order valence-electron chi connectivity index (χ0n) is 12.9. The van der Waals surface area contributed by atoms with Crippen LogP contribution in [-0.2, 0) is 0 Å². The summed E-state index contributed by atoms with van der Waals surface area (Å²) in [4.78, 5) is 14.7. The molecular weight excluding hydrogens is 246 g/mol. The molecule has 0 amide bonds. The van der Waals surface area contributed by atoms with Gasteiger partial charge in [0.15, 0.2) is 5.78 Å². The number of Topliss-reactive ketones (excluding diaryl/α,β-unsaturated/α-hetero) is 1. The largest absolute Gasteiger partial charge is 0.296 e. The minimum Gasteiger partial charge on any atom is -0.296 e. The van der Waals surface area contributed by atoms with Crippen LogP contribution < -0.4 is 0 Å². The van der Waals surface area contributed by atoms with Crippen molar-refractivity contribution in [3.63, 3.8) is 0 Å². The second-order valence-corrected chi connectivity index (χ2v) is 6.15. The normalized spacial score (nSPS) is 20.6. The Labute approximate surface area is 123 Å². The molecule has 1 unspecified atom stereocenters. The van der Waals surface area contributed by atoms with Crippen molar-refractivity contribution in [3.8, 4) is 0 Å². The molecule has 1 aliphatic rings. The molecule has 0 radical (unpaired) electrons. The molecule has 20 heavy (non-hydrogen) atoms. The second kappa shape index (κ2) is 7.58. The summed E-state index contributed by atoms with van der Waals surface area (Å²) in [7, 11) is 0. The summed E-state index contributed by atoms with van der Waals surface area (Å²) in [6, 6.07) is 7.95. The van der Waals surface area contributed by atoms with E-state index in [9.17, 15) is 4.79 Å². The van der Waals surface area contributed by atoms with Gasteiger partial charge in [0.25, 0.3) is 0 Å². The van der Waals surface area contributed by atoms with Crippen LogP contribution in [0.15, 0.2) is 24.3 Å². The number of rotatable bonds is 5. The van der Waals surface area contributed by atoms with Crippen molar-refractivity contribution in [2.24, 2.45) is 5.92 Å². The van der Waals surface area contributed by atoms with Gasteiger partial charge in [0.1, 0.15) is 0 Å². The van der Waals surface area contributed by atoms with Gasteiger partial charge >= 0.3 is 0 Å². The van der Waals surface area contributed by atoms with Gasteiger partial charge in [0.05, 0.1) is 6.54 Å². The Morgan fingerprint density at radius 1 is 1.30 bits per heavy atom. The van der Waals surface area contributed by atoms with E-state index in [1.165, 1.54) is 32.1 Å². The van der Waals surface area contributed by atoms with E-state index in [1.807, 2.05) is 31.2 Å². The summed E-state index contributed by atoms with van der Waals surface area (Å²) in [6.07, 6.45) is 6.47. The van der Waals surface area contributed by atoms with E-state index < -0.39 is 0 Å². The van der Waals surface area contributed by atoms with Crippen molar-refractivity contribution in [1.82, 2.24) is 4.90 Å². The van der Waals surface area contributed by atoms with E-state index in [2.05, 4.69) is 11.8 Å². The first-order valence-corrected chi connectivity index (χ1v) is 8.01. The Hall–Kier alpha value is -1.15. The molecule has 0 N–H and O–H groups in total. The molecular formula is C18H27NO. The van der Waals surface area contributed by atoms with Crippen LogP contribution in [0.1, 0.15) is 54.9 Å². The lowest BCUT2D eigenvalue weighted by Crippen LogP contribution is -2.31. The first kappa shape index (κ1) is 15.2. The van der Waals surface area contributed by atoms with Crippen molar-refractivity contribution in [2.45, 2.75) is 46.0 Å². The van der Waals surface area contributed by atoms with Gasteiger partial charge in [0.2, 0.25) is 0 Å². The first-order chi connectivity index (χ1) is 9.69. The maximum Gasteiger partial charge on any atom is 0.176 e. The lowest BCUT2D eigenvalue weighted by Gasteiger charge is -2.19. The van der Waals surface area contributed by atoms with E-state index in [0.717, 1.165) is 30.1 Å². The summed E-state index contributed by atoms with van der Waals surface area (Å²) in [6.45, 7) is 7.06. The first-order valence-electron chi connectivity index (χ1n) is 8.01. The third-order valence-corrected chi connectivity index (χ3v) is 4.34. The van der Waals surface area contributed by atoms with Crippen molar-refractivity contribution in [2.75, 3.05) is 19.6 Å². The molecule has 1 fully saturated rings. The summed E-state index contributed by atoms with van der Waals surface area (Å²) >= 11 is 0. The van der Waals surface area contributed by atoms with Gasteiger partial charge in [0, 0.05) is 5.56 Å². The number of benzene rings is 1. The molecule has 1 aromatic carbocycles. The monoisotopic (exact) mass is 273 g/mol. The molecule has 2 rings (SSSR count). The molecule has 0 spiro atoms. The lowest BCUT2D eigenvalue weighted by atomic mass is 9.96. The fraction of sp³-hybridized carbons (Fsp3) is 0.611. The molecule has 2 heteroatoms. The van der Waals surface area contributed by atoms with E-state index in [-0.39, 0.29) is 5.78 Å². The molecule has 1 aliphatic heterocycles. The number of hydrogen-bond donors (Lipinski definition) is 0. The van der Waals surface area contributed by atoms with Crippen molar-refractivity contribution in [3.05, 3.63) is 35.4 Å². The predicted molar refractivity (Wildman–Crippen MR) is 84.2 cm³/mol. The zero-order valence-corrected chi connectivity index (χ0v) is 12.9. The molecule has 0 aromatic heterocycles. The van der Waals surface area contributed by atoms with Gasteiger partial charge in [-0.15, -0.1) is 0 Å². The number of carbonyl (C=O) groups excluding carboxylic acids is 1. The molecule has 110 valence electrons. The van der Waals surface area contributed by atoms with Gasteiger partial charge in [-0.2, -0.15) is 0 Å². The van der Waals surface area contributed by atoms with Crippen molar-refractivity contribution in [1.29, 1.82) is 0 Å². The topological polar surface area (TPSA) is 20.3 Å². The Morgan fingerprint density at radius 3 is 2.90 bits per heavy atom. The minimum absolute atomic E-state index is 0.266. The fourth-order valence-electron chi connectivity index (χ4n) is 3.19. The number of hydrogen-bond acceptors (Lipinski definition) is 2. The van der Waals surface area contributed by atoms with E-state index in [1.54, 1.807) is 0 Å². The highest BCUT2D eigenvalue weighted by atomic mass is 16.1. The molecule has 1 atom stereocenters. The Morgan fingerprint density at radius 2 is 2.15 bits per heavy atom. The van der Waals surface area contributed by atoms with E-state index in [0.29, 0.717) is 6.54 Å². The predicted octanol–water partition coefficient (Wildman–Crippen LogP) is 4.08. The van der Waals surface area contributed by atoms with Crippen LogP contribution in [0.4, 0.5) is 0 Å². The number of carbonyl (C=O) groups is 1. The van der Waals surface area contributed by atoms with Crippen LogP contribution in [-0.4, -0.2) is 30.3 Å². The summed E-state index contributed by atoms with van der Waals surface area (Å²) in [5, 5.41) is 0. The number of ketones is 1. The SMILES string of the molecule is CCCC1CCCN(CC(=O)c2cccc(C)c2)CC1. The van der Waals surface area contributed by atoms with Gasteiger partial charge < -0.3 is 0 Å². The zero-order chi connectivity index (χ0) is 14.4. The average molecular weight is 273 g/mol. The van der Waals surface area contributed by atoms with Gasteiger partial charge in [-0.05, 0) is 51.3 Å². The van der Waals surface area contributed by atoms with Crippen LogP contribution in [0.3, 0.4) is 0 Å². The fourth-order valence-corrected chi connectivity index (χ4v) is 3.19.